The predicted molar refractivity (Wildman–Crippen MR) is 113 cm³/mol. The van der Waals surface area contributed by atoms with Crippen LogP contribution in [0.25, 0.3) is 20.8 Å². The standard InChI is InChI=1S/C13H4BrClFN3S.C3H9BrSi/c14-12-11-10(8(16)5-18-12)19-13(20-11)9-6(4-17)2-1-3-7(9)15;1-5(2,3)4/h1-3,5H;1-3H3. The first-order valence-corrected chi connectivity index (χ1v) is 14.8. The van der Waals surface area contributed by atoms with Crippen molar-refractivity contribution >= 4 is 71.1 Å². The second-order valence-electron chi connectivity index (χ2n) is 5.93. The van der Waals surface area contributed by atoms with Gasteiger partial charge in [-0.25, -0.2) is 14.4 Å². The van der Waals surface area contributed by atoms with Gasteiger partial charge in [0.25, 0.3) is 0 Å². The van der Waals surface area contributed by atoms with Crippen LogP contribution in [0, 0.1) is 17.1 Å². The maximum absolute atomic E-state index is 13.7. The second kappa shape index (κ2) is 8.23. The van der Waals surface area contributed by atoms with Crippen LogP contribution in [0.3, 0.4) is 0 Å². The number of nitriles is 1. The lowest BCUT2D eigenvalue weighted by Crippen LogP contribution is -2.05. The molecule has 0 aliphatic rings. The Morgan fingerprint density at radius 2 is 1.96 bits per heavy atom. The van der Waals surface area contributed by atoms with Crippen LogP contribution in [0.1, 0.15) is 5.56 Å². The fourth-order valence-corrected chi connectivity index (χ4v) is 3.68. The molecule has 0 bridgehead atoms. The van der Waals surface area contributed by atoms with Gasteiger partial charge in [-0.2, -0.15) is 5.26 Å². The molecule has 0 aliphatic heterocycles. The third-order valence-corrected chi connectivity index (χ3v) is 4.94. The van der Waals surface area contributed by atoms with Crippen molar-refractivity contribution in [2.24, 2.45) is 0 Å². The van der Waals surface area contributed by atoms with E-state index in [-0.39, 0.29) is 5.52 Å². The average Bonchev–Trinajstić information content (AvgIpc) is 2.95. The molecule has 3 rings (SSSR count). The number of benzene rings is 1. The van der Waals surface area contributed by atoms with Crippen LogP contribution in [-0.4, -0.2) is 16.7 Å². The van der Waals surface area contributed by atoms with Crippen LogP contribution in [-0.2, 0) is 0 Å². The summed E-state index contributed by atoms with van der Waals surface area (Å²) < 4.78 is 14.8. The highest BCUT2D eigenvalue weighted by Crippen LogP contribution is 2.38. The van der Waals surface area contributed by atoms with Crippen molar-refractivity contribution in [3.05, 3.63) is 45.4 Å². The summed E-state index contributed by atoms with van der Waals surface area (Å²) in [6.45, 7) is 5.93. The highest BCUT2D eigenvalue weighted by atomic mass is 79.9. The maximum Gasteiger partial charge on any atom is 0.168 e. The van der Waals surface area contributed by atoms with E-state index in [9.17, 15) is 4.39 Å². The van der Waals surface area contributed by atoms with E-state index >= 15 is 0 Å². The number of halogens is 4. The molecule has 0 saturated carbocycles. The summed E-state index contributed by atoms with van der Waals surface area (Å²) in [4.78, 5) is 8.14. The summed E-state index contributed by atoms with van der Waals surface area (Å²) >= 11 is 14.2. The van der Waals surface area contributed by atoms with Gasteiger partial charge in [0, 0.05) is 5.56 Å². The molecule has 0 radical (unpaired) electrons. The Bertz CT molecular complexity index is 921. The Hall–Kier alpha value is -0.853. The lowest BCUT2D eigenvalue weighted by molar-refractivity contribution is 0.631. The molecular formula is C16H13Br2ClFN3SSi. The molecule has 0 unspecified atom stereocenters. The molecule has 0 amide bonds. The first kappa shape index (κ1) is 20.5. The number of hydrogen-bond donors (Lipinski definition) is 0. The van der Waals surface area contributed by atoms with Crippen molar-refractivity contribution in [1.82, 2.24) is 9.97 Å². The van der Waals surface area contributed by atoms with Gasteiger partial charge in [-0.1, -0.05) is 37.3 Å². The van der Waals surface area contributed by atoms with Gasteiger partial charge in [-0.3, -0.25) is 0 Å². The molecule has 0 fully saturated rings. The monoisotopic (exact) mass is 519 g/mol. The zero-order chi connectivity index (χ0) is 18.8. The van der Waals surface area contributed by atoms with E-state index in [0.717, 1.165) is 6.20 Å². The number of rotatable bonds is 1. The van der Waals surface area contributed by atoms with E-state index in [1.165, 1.54) is 11.3 Å². The summed E-state index contributed by atoms with van der Waals surface area (Å²) in [7, 11) is 0. The van der Waals surface area contributed by atoms with Crippen LogP contribution in [0.4, 0.5) is 4.39 Å². The molecule has 25 heavy (non-hydrogen) atoms. The normalized spacial score (nSPS) is 11.0. The minimum absolute atomic E-state index is 0.218. The van der Waals surface area contributed by atoms with Gasteiger partial charge < -0.3 is 0 Å². The SMILES string of the molecule is C[Si](C)(C)Br.N#Cc1cccc(Cl)c1-c1nc2c(F)cnc(Br)c2s1. The number of aromatic nitrogens is 2. The van der Waals surface area contributed by atoms with E-state index in [1.54, 1.807) is 18.2 Å². The van der Waals surface area contributed by atoms with Gasteiger partial charge in [0.05, 0.1) is 27.6 Å². The van der Waals surface area contributed by atoms with E-state index in [4.69, 9.17) is 16.9 Å². The topological polar surface area (TPSA) is 49.6 Å². The summed E-state index contributed by atoms with van der Waals surface area (Å²) in [6.07, 6.45) is 1.10. The van der Waals surface area contributed by atoms with Crippen LogP contribution in [0.5, 0.6) is 0 Å². The van der Waals surface area contributed by atoms with Crippen LogP contribution < -0.4 is 0 Å². The van der Waals surface area contributed by atoms with Crippen molar-refractivity contribution in [1.29, 1.82) is 5.26 Å². The third kappa shape index (κ3) is 5.31. The lowest BCUT2D eigenvalue weighted by atomic mass is 10.1. The van der Waals surface area contributed by atoms with E-state index in [1.807, 2.05) is 0 Å². The fraction of sp³-hybridized carbons (Fsp3) is 0.188. The molecule has 0 saturated heterocycles. The first-order valence-electron chi connectivity index (χ1n) is 7.10. The van der Waals surface area contributed by atoms with Gasteiger partial charge in [0.1, 0.15) is 21.8 Å². The number of thiazole rings is 1. The fourth-order valence-electron chi connectivity index (χ4n) is 1.80. The number of fused-ring (bicyclic) bond motifs is 1. The smallest absolute Gasteiger partial charge is 0.168 e. The lowest BCUT2D eigenvalue weighted by Gasteiger charge is -2.01. The van der Waals surface area contributed by atoms with Crippen molar-refractivity contribution in [3.8, 4) is 16.6 Å². The quantitative estimate of drug-likeness (QED) is 0.197. The van der Waals surface area contributed by atoms with Crippen molar-refractivity contribution in [3.63, 3.8) is 0 Å². The van der Waals surface area contributed by atoms with Gasteiger partial charge in [-0.15, -0.1) is 26.6 Å². The predicted octanol–water partition coefficient (Wildman–Crippen LogP) is 7.00. The Labute approximate surface area is 171 Å². The Balaban J connectivity index is 0.000000399. The van der Waals surface area contributed by atoms with Gasteiger partial charge in [0.15, 0.2) is 5.82 Å². The van der Waals surface area contributed by atoms with Crippen molar-refractivity contribution < 1.29 is 4.39 Å². The Morgan fingerprint density at radius 3 is 2.52 bits per heavy atom. The molecule has 2 heterocycles. The minimum Gasteiger partial charge on any atom is -0.245 e. The molecule has 0 spiro atoms. The van der Waals surface area contributed by atoms with E-state index in [0.29, 0.717) is 30.5 Å². The number of pyridine rings is 1. The zero-order valence-electron chi connectivity index (χ0n) is 13.6. The molecule has 2 aromatic heterocycles. The van der Waals surface area contributed by atoms with Gasteiger partial charge >= 0.3 is 0 Å². The highest BCUT2D eigenvalue weighted by molar-refractivity contribution is 9.26. The summed E-state index contributed by atoms with van der Waals surface area (Å²) in [5.41, 5.74) is 1.14. The van der Waals surface area contributed by atoms with Gasteiger partial charge in [-0.05, 0) is 28.1 Å². The second-order valence-corrected chi connectivity index (χ2v) is 19.4. The highest BCUT2D eigenvalue weighted by Gasteiger charge is 2.17. The van der Waals surface area contributed by atoms with E-state index in [2.05, 4.69) is 66.9 Å². The Kier molecular flexibility index (Phi) is 6.73. The summed E-state index contributed by atoms with van der Waals surface area (Å²) in [5, 5.41) is 10.1. The van der Waals surface area contributed by atoms with Crippen molar-refractivity contribution in [2.45, 2.75) is 19.6 Å². The molecule has 130 valence electrons. The summed E-state index contributed by atoms with van der Waals surface area (Å²) in [5.74, 6) is -0.503. The minimum atomic E-state index is -0.799. The molecule has 3 nitrogen and oxygen atoms in total. The summed E-state index contributed by atoms with van der Waals surface area (Å²) in [6, 6.07) is 7.08. The van der Waals surface area contributed by atoms with E-state index < -0.39 is 12.5 Å². The molecule has 9 heteroatoms. The largest absolute Gasteiger partial charge is 0.245 e. The van der Waals surface area contributed by atoms with Crippen LogP contribution >= 0.6 is 54.2 Å². The molecule has 0 atom stereocenters. The number of hydrogen-bond acceptors (Lipinski definition) is 4. The van der Waals surface area contributed by atoms with Crippen molar-refractivity contribution in [2.75, 3.05) is 0 Å². The first-order chi connectivity index (χ1) is 11.6. The molecule has 0 N–H and O–H groups in total. The maximum atomic E-state index is 13.7. The number of nitrogens with zero attached hydrogens (tertiary/aromatic N) is 3. The third-order valence-electron chi connectivity index (χ3n) is 2.68. The molecular weight excluding hydrogens is 509 g/mol. The van der Waals surface area contributed by atoms with Gasteiger partial charge in [0.2, 0.25) is 0 Å². The molecule has 3 aromatic rings. The van der Waals surface area contributed by atoms with Crippen LogP contribution in [0.2, 0.25) is 24.7 Å². The molecule has 0 aliphatic carbocycles. The Morgan fingerprint density at radius 1 is 1.32 bits per heavy atom. The average molecular weight is 522 g/mol. The molecule has 1 aromatic carbocycles. The zero-order valence-corrected chi connectivity index (χ0v) is 19.3. The van der Waals surface area contributed by atoms with Crippen LogP contribution in [0.15, 0.2) is 29.0 Å².